The van der Waals surface area contributed by atoms with Crippen molar-refractivity contribution in [2.24, 2.45) is 0 Å². The summed E-state index contributed by atoms with van der Waals surface area (Å²) in [6.07, 6.45) is 1.68. The molecule has 0 aromatic carbocycles. The molecule has 0 saturated carbocycles. The fraction of sp³-hybridized carbons (Fsp3) is 0.250. The molecule has 2 heterocycles. The molecule has 0 saturated heterocycles. The Kier molecular flexibility index (Phi) is 3.07. The van der Waals surface area contributed by atoms with Gasteiger partial charge in [-0.05, 0) is 26.0 Å². The monoisotopic (exact) mass is 245 g/mol. The molecule has 0 unspecified atom stereocenters. The summed E-state index contributed by atoms with van der Waals surface area (Å²) in [6.45, 7) is 4.38. The van der Waals surface area contributed by atoms with Crippen molar-refractivity contribution in [3.8, 4) is 6.07 Å². The average molecular weight is 245 g/mol. The highest BCUT2D eigenvalue weighted by atomic mass is 32.1. The number of aromatic nitrogens is 2. The Morgan fingerprint density at radius 2 is 2.29 bits per heavy atom. The minimum absolute atomic E-state index is 0.164. The van der Waals surface area contributed by atoms with Crippen LogP contribution in [-0.2, 0) is 6.54 Å². The third-order valence-electron chi connectivity index (χ3n) is 2.52. The van der Waals surface area contributed by atoms with Gasteiger partial charge in [0.2, 0.25) is 0 Å². The number of aryl methyl sites for hydroxylation is 2. The van der Waals surface area contributed by atoms with Gasteiger partial charge in [0.25, 0.3) is 5.56 Å². The quantitative estimate of drug-likeness (QED) is 0.811. The molecule has 0 bridgehead atoms. The molecule has 0 spiro atoms. The molecule has 5 heteroatoms. The van der Waals surface area contributed by atoms with E-state index in [1.165, 1.54) is 10.6 Å². The minimum Gasteiger partial charge on any atom is -0.308 e. The molecule has 0 amide bonds. The van der Waals surface area contributed by atoms with Crippen LogP contribution in [0.3, 0.4) is 0 Å². The lowest BCUT2D eigenvalue weighted by Gasteiger charge is -2.02. The van der Waals surface area contributed by atoms with E-state index >= 15 is 0 Å². The number of hydrogen-bond acceptors (Lipinski definition) is 4. The Balaban J connectivity index is 2.37. The van der Waals surface area contributed by atoms with Crippen molar-refractivity contribution in [1.82, 2.24) is 9.55 Å². The molecule has 4 nitrogen and oxygen atoms in total. The van der Waals surface area contributed by atoms with Gasteiger partial charge in [-0.1, -0.05) is 0 Å². The molecule has 0 aliphatic rings. The van der Waals surface area contributed by atoms with Crippen LogP contribution < -0.4 is 5.56 Å². The zero-order valence-electron chi connectivity index (χ0n) is 9.60. The highest BCUT2D eigenvalue weighted by Gasteiger charge is 2.07. The third-order valence-corrected chi connectivity index (χ3v) is 3.58. The highest BCUT2D eigenvalue weighted by molar-refractivity contribution is 7.11. The van der Waals surface area contributed by atoms with E-state index in [2.05, 4.69) is 4.98 Å². The molecule has 2 aromatic rings. The fourth-order valence-corrected chi connectivity index (χ4v) is 2.43. The first kappa shape index (κ1) is 11.6. The topological polar surface area (TPSA) is 58.7 Å². The average Bonchev–Trinajstić information content (AvgIpc) is 2.61. The van der Waals surface area contributed by atoms with E-state index in [0.717, 1.165) is 15.6 Å². The number of nitrogens with zero attached hydrogens (tertiary/aromatic N) is 3. The lowest BCUT2D eigenvalue weighted by Crippen LogP contribution is -2.22. The van der Waals surface area contributed by atoms with E-state index in [4.69, 9.17) is 5.26 Å². The van der Waals surface area contributed by atoms with E-state index in [0.29, 0.717) is 6.54 Å². The van der Waals surface area contributed by atoms with Gasteiger partial charge in [0, 0.05) is 11.1 Å². The smallest absolute Gasteiger partial charge is 0.268 e. The van der Waals surface area contributed by atoms with E-state index in [9.17, 15) is 4.79 Å². The Morgan fingerprint density at radius 1 is 1.53 bits per heavy atom. The summed E-state index contributed by atoms with van der Waals surface area (Å²) in [7, 11) is 0. The standard InChI is InChI=1S/C12H11N3OS/c1-8-9(2)17-11(14-8)7-15-5-3-4-10(6-13)12(15)16/h3-5H,7H2,1-2H3. The molecule has 0 N–H and O–H groups in total. The summed E-state index contributed by atoms with van der Waals surface area (Å²) in [5, 5.41) is 9.67. The summed E-state index contributed by atoms with van der Waals surface area (Å²) in [5.74, 6) is 0. The van der Waals surface area contributed by atoms with Crippen molar-refractivity contribution >= 4 is 11.3 Å². The largest absolute Gasteiger partial charge is 0.308 e. The number of rotatable bonds is 2. The summed E-state index contributed by atoms with van der Waals surface area (Å²) in [4.78, 5) is 17.3. The Bertz CT molecular complexity index is 629. The van der Waals surface area contributed by atoms with E-state index < -0.39 is 0 Å². The molecule has 0 radical (unpaired) electrons. The zero-order chi connectivity index (χ0) is 12.4. The first-order chi connectivity index (χ1) is 8.11. The van der Waals surface area contributed by atoms with Gasteiger partial charge < -0.3 is 4.57 Å². The van der Waals surface area contributed by atoms with E-state index in [1.807, 2.05) is 19.9 Å². The van der Waals surface area contributed by atoms with Crippen LogP contribution >= 0.6 is 11.3 Å². The Labute approximate surface area is 103 Å². The van der Waals surface area contributed by atoms with Crippen molar-refractivity contribution in [2.45, 2.75) is 20.4 Å². The number of thiazole rings is 1. The van der Waals surface area contributed by atoms with Crippen LogP contribution in [-0.4, -0.2) is 9.55 Å². The predicted octanol–water partition coefficient (Wildman–Crippen LogP) is 1.84. The van der Waals surface area contributed by atoms with Crippen LogP contribution in [0.1, 0.15) is 21.1 Å². The lowest BCUT2D eigenvalue weighted by atomic mass is 10.3. The minimum atomic E-state index is -0.263. The summed E-state index contributed by atoms with van der Waals surface area (Å²) in [5.41, 5.74) is 0.896. The maximum absolute atomic E-state index is 11.8. The first-order valence-corrected chi connectivity index (χ1v) is 5.96. The van der Waals surface area contributed by atoms with Gasteiger partial charge in [0.15, 0.2) is 0 Å². The molecular weight excluding hydrogens is 234 g/mol. The van der Waals surface area contributed by atoms with Gasteiger partial charge in [0.05, 0.1) is 12.2 Å². The number of pyridine rings is 1. The Hall–Kier alpha value is -1.93. The molecule has 0 fully saturated rings. The maximum Gasteiger partial charge on any atom is 0.268 e. The van der Waals surface area contributed by atoms with Crippen LogP contribution in [0.5, 0.6) is 0 Å². The van der Waals surface area contributed by atoms with Crippen molar-refractivity contribution < 1.29 is 0 Å². The lowest BCUT2D eigenvalue weighted by molar-refractivity contribution is 0.749. The van der Waals surface area contributed by atoms with Gasteiger partial charge >= 0.3 is 0 Å². The van der Waals surface area contributed by atoms with Crippen molar-refractivity contribution in [3.63, 3.8) is 0 Å². The molecule has 2 aromatic heterocycles. The zero-order valence-corrected chi connectivity index (χ0v) is 10.4. The fourth-order valence-electron chi connectivity index (χ4n) is 1.50. The molecule has 17 heavy (non-hydrogen) atoms. The van der Waals surface area contributed by atoms with E-state index in [1.54, 1.807) is 23.6 Å². The van der Waals surface area contributed by atoms with Gasteiger partial charge in [0.1, 0.15) is 16.6 Å². The summed E-state index contributed by atoms with van der Waals surface area (Å²) < 4.78 is 1.51. The van der Waals surface area contributed by atoms with Gasteiger partial charge in [-0.3, -0.25) is 4.79 Å². The first-order valence-electron chi connectivity index (χ1n) is 5.14. The van der Waals surface area contributed by atoms with Crippen molar-refractivity contribution in [3.05, 3.63) is 49.8 Å². The molecule has 86 valence electrons. The highest BCUT2D eigenvalue weighted by Crippen LogP contribution is 2.16. The molecule has 0 aliphatic heterocycles. The third kappa shape index (κ3) is 2.27. The van der Waals surface area contributed by atoms with Crippen LogP contribution in [0.4, 0.5) is 0 Å². The van der Waals surface area contributed by atoms with Crippen molar-refractivity contribution in [2.75, 3.05) is 0 Å². The van der Waals surface area contributed by atoms with Gasteiger partial charge in [-0.25, -0.2) is 4.98 Å². The number of nitriles is 1. The Morgan fingerprint density at radius 3 is 2.88 bits per heavy atom. The maximum atomic E-state index is 11.8. The SMILES string of the molecule is Cc1nc(Cn2cccc(C#N)c2=O)sc1C. The molecule has 0 atom stereocenters. The van der Waals surface area contributed by atoms with Crippen LogP contribution in [0.25, 0.3) is 0 Å². The summed E-state index contributed by atoms with van der Waals surface area (Å²) in [6, 6.07) is 5.11. The van der Waals surface area contributed by atoms with E-state index in [-0.39, 0.29) is 11.1 Å². The van der Waals surface area contributed by atoms with Crippen LogP contribution in [0.15, 0.2) is 23.1 Å². The van der Waals surface area contributed by atoms with Crippen LogP contribution in [0.2, 0.25) is 0 Å². The normalized spacial score (nSPS) is 10.2. The molecular formula is C12H11N3OS. The molecule has 2 rings (SSSR count). The second kappa shape index (κ2) is 4.52. The summed E-state index contributed by atoms with van der Waals surface area (Å²) >= 11 is 1.58. The predicted molar refractivity (Wildman–Crippen MR) is 66.1 cm³/mol. The van der Waals surface area contributed by atoms with Gasteiger partial charge in [-0.15, -0.1) is 11.3 Å². The van der Waals surface area contributed by atoms with Crippen molar-refractivity contribution in [1.29, 1.82) is 5.26 Å². The second-order valence-electron chi connectivity index (χ2n) is 3.72. The molecule has 0 aliphatic carbocycles. The van der Waals surface area contributed by atoms with Gasteiger partial charge in [-0.2, -0.15) is 5.26 Å². The number of hydrogen-bond donors (Lipinski definition) is 0. The second-order valence-corrected chi connectivity index (χ2v) is 5.00. The van der Waals surface area contributed by atoms with Crippen LogP contribution in [0, 0.1) is 25.2 Å².